The van der Waals surface area contributed by atoms with Crippen molar-refractivity contribution in [3.63, 3.8) is 0 Å². The summed E-state index contributed by atoms with van der Waals surface area (Å²) in [7, 11) is 0. The van der Waals surface area contributed by atoms with Gasteiger partial charge in [0.15, 0.2) is 0 Å². The Morgan fingerprint density at radius 3 is 2.60 bits per heavy atom. The fourth-order valence-corrected chi connectivity index (χ4v) is 2.01. The van der Waals surface area contributed by atoms with Gasteiger partial charge in [-0.2, -0.15) is 0 Å². The van der Waals surface area contributed by atoms with Crippen LogP contribution in [0.5, 0.6) is 5.88 Å². The number of aromatic nitrogens is 1. The van der Waals surface area contributed by atoms with E-state index in [4.69, 9.17) is 4.74 Å². The number of hydrogen-bond donors (Lipinski definition) is 1. The third-order valence-electron chi connectivity index (χ3n) is 3.04. The van der Waals surface area contributed by atoms with Crippen molar-refractivity contribution >= 4 is 10.9 Å². The molecule has 3 heteroatoms. The Bertz CT molecular complexity index is 564. The molecule has 2 rings (SSSR count). The van der Waals surface area contributed by atoms with Crippen LogP contribution >= 0.6 is 0 Å². The normalized spacial score (nSPS) is 11.5. The van der Waals surface area contributed by atoms with Crippen LogP contribution in [-0.2, 0) is 6.54 Å². The van der Waals surface area contributed by atoms with Crippen molar-refractivity contribution in [3.8, 4) is 5.88 Å². The summed E-state index contributed by atoms with van der Waals surface area (Å²) >= 11 is 0. The number of fused-ring (bicyclic) bond motifs is 1. The molecule has 0 fully saturated rings. The van der Waals surface area contributed by atoms with Crippen LogP contribution in [0, 0.1) is 5.92 Å². The molecule has 0 aliphatic heterocycles. The Labute approximate surface area is 121 Å². The van der Waals surface area contributed by atoms with Gasteiger partial charge in [0.1, 0.15) is 0 Å². The van der Waals surface area contributed by atoms with Gasteiger partial charge in [-0.1, -0.05) is 45.9 Å². The minimum Gasteiger partial charge on any atom is -0.477 e. The van der Waals surface area contributed by atoms with E-state index >= 15 is 0 Å². The van der Waals surface area contributed by atoms with Gasteiger partial charge in [0.2, 0.25) is 5.88 Å². The van der Waals surface area contributed by atoms with Crippen LogP contribution in [0.3, 0.4) is 0 Å². The lowest BCUT2D eigenvalue weighted by Crippen LogP contribution is -2.22. The van der Waals surface area contributed by atoms with Crippen LogP contribution in [0.1, 0.15) is 33.3 Å². The number of benzene rings is 1. The maximum absolute atomic E-state index is 5.78. The highest BCUT2D eigenvalue weighted by Crippen LogP contribution is 2.22. The molecule has 0 unspecified atom stereocenters. The Hall–Kier alpha value is -1.61. The molecule has 20 heavy (non-hydrogen) atoms. The molecular weight excluding hydrogens is 248 g/mol. The van der Waals surface area contributed by atoms with E-state index in [-0.39, 0.29) is 0 Å². The molecule has 1 aromatic heterocycles. The fraction of sp³-hybridized carbons (Fsp3) is 0.471. The predicted octanol–water partition coefficient (Wildman–Crippen LogP) is 3.77. The maximum atomic E-state index is 5.78. The van der Waals surface area contributed by atoms with E-state index < -0.39 is 0 Å². The minimum atomic E-state index is 0.460. The quantitative estimate of drug-likeness (QED) is 0.869. The first-order valence-electron chi connectivity index (χ1n) is 7.31. The molecule has 108 valence electrons. The second-order valence-corrected chi connectivity index (χ2v) is 5.88. The van der Waals surface area contributed by atoms with Crippen LogP contribution < -0.4 is 10.1 Å². The lowest BCUT2D eigenvalue weighted by molar-refractivity contribution is 0.262. The van der Waals surface area contributed by atoms with Crippen LogP contribution in [0.2, 0.25) is 0 Å². The van der Waals surface area contributed by atoms with Gasteiger partial charge in [-0.3, -0.25) is 0 Å². The van der Waals surface area contributed by atoms with E-state index in [9.17, 15) is 0 Å². The number of nitrogens with zero attached hydrogens (tertiary/aromatic N) is 1. The van der Waals surface area contributed by atoms with Gasteiger partial charge in [-0.15, -0.1) is 0 Å². The van der Waals surface area contributed by atoms with Crippen molar-refractivity contribution < 1.29 is 4.74 Å². The average molecular weight is 272 g/mol. The van der Waals surface area contributed by atoms with Crippen molar-refractivity contribution in [1.29, 1.82) is 0 Å². The largest absolute Gasteiger partial charge is 0.477 e. The number of pyridine rings is 1. The van der Waals surface area contributed by atoms with E-state index in [1.807, 2.05) is 12.1 Å². The monoisotopic (exact) mass is 272 g/mol. The number of hydrogen-bond acceptors (Lipinski definition) is 3. The minimum absolute atomic E-state index is 0.460. The highest BCUT2D eigenvalue weighted by Gasteiger charge is 2.07. The van der Waals surface area contributed by atoms with Crippen molar-refractivity contribution in [2.24, 2.45) is 5.92 Å². The molecule has 0 atom stereocenters. The summed E-state index contributed by atoms with van der Waals surface area (Å²) in [6.45, 7) is 10.1. The summed E-state index contributed by atoms with van der Waals surface area (Å²) in [5.41, 5.74) is 2.23. The van der Waals surface area contributed by atoms with Crippen molar-refractivity contribution in [2.75, 3.05) is 6.61 Å². The summed E-state index contributed by atoms with van der Waals surface area (Å²) in [4.78, 5) is 4.58. The van der Waals surface area contributed by atoms with E-state index in [0.29, 0.717) is 18.6 Å². The fourth-order valence-electron chi connectivity index (χ4n) is 2.01. The van der Waals surface area contributed by atoms with Gasteiger partial charge in [0.05, 0.1) is 12.1 Å². The van der Waals surface area contributed by atoms with Crippen molar-refractivity contribution in [1.82, 2.24) is 10.3 Å². The first-order valence-corrected chi connectivity index (χ1v) is 7.31. The Balaban J connectivity index is 2.31. The number of rotatable bonds is 6. The summed E-state index contributed by atoms with van der Waals surface area (Å²) in [5, 5.41) is 4.65. The standard InChI is InChI=1S/C17H24N2O/c1-12(2)11-20-17-9-14(10-18-13(3)4)15-7-5-6-8-16(15)19-17/h5-9,12-13,18H,10-11H2,1-4H3. The van der Waals surface area contributed by atoms with Crippen LogP contribution in [0.15, 0.2) is 30.3 Å². The maximum Gasteiger partial charge on any atom is 0.214 e. The topological polar surface area (TPSA) is 34.1 Å². The molecule has 0 aliphatic rings. The van der Waals surface area contributed by atoms with Crippen molar-refractivity contribution in [3.05, 3.63) is 35.9 Å². The average Bonchev–Trinajstić information content (AvgIpc) is 2.42. The summed E-state index contributed by atoms with van der Waals surface area (Å²) in [5.74, 6) is 1.22. The Kier molecular flexibility index (Phi) is 4.96. The molecule has 1 aromatic carbocycles. The van der Waals surface area contributed by atoms with Gasteiger partial charge >= 0.3 is 0 Å². The van der Waals surface area contributed by atoms with E-state index in [1.54, 1.807) is 0 Å². The van der Waals surface area contributed by atoms with E-state index in [0.717, 1.165) is 17.9 Å². The third-order valence-corrected chi connectivity index (χ3v) is 3.04. The number of ether oxygens (including phenoxy) is 1. The second-order valence-electron chi connectivity index (χ2n) is 5.88. The van der Waals surface area contributed by atoms with Gasteiger partial charge < -0.3 is 10.1 Å². The Morgan fingerprint density at radius 2 is 1.90 bits per heavy atom. The van der Waals surface area contributed by atoms with Gasteiger partial charge in [-0.25, -0.2) is 4.98 Å². The molecule has 0 bridgehead atoms. The molecule has 1 N–H and O–H groups in total. The molecule has 0 aliphatic carbocycles. The SMILES string of the molecule is CC(C)COc1cc(CNC(C)C)c2ccccc2n1. The smallest absolute Gasteiger partial charge is 0.214 e. The summed E-state index contributed by atoms with van der Waals surface area (Å²) in [6, 6.07) is 10.7. The zero-order chi connectivity index (χ0) is 14.5. The molecule has 0 spiro atoms. The molecule has 0 saturated carbocycles. The molecule has 0 radical (unpaired) electrons. The molecule has 1 heterocycles. The van der Waals surface area contributed by atoms with Crippen molar-refractivity contribution in [2.45, 2.75) is 40.3 Å². The first-order chi connectivity index (χ1) is 9.56. The highest BCUT2D eigenvalue weighted by molar-refractivity contribution is 5.82. The summed E-state index contributed by atoms with van der Waals surface area (Å²) in [6.07, 6.45) is 0. The predicted molar refractivity (Wildman–Crippen MR) is 84.1 cm³/mol. The van der Waals surface area contributed by atoms with Gasteiger partial charge in [-0.05, 0) is 17.5 Å². The zero-order valence-electron chi connectivity index (χ0n) is 12.8. The van der Waals surface area contributed by atoms with Gasteiger partial charge in [0.25, 0.3) is 0 Å². The van der Waals surface area contributed by atoms with Crippen LogP contribution in [0.25, 0.3) is 10.9 Å². The zero-order valence-corrected chi connectivity index (χ0v) is 12.8. The molecule has 2 aromatic rings. The molecule has 0 amide bonds. The first kappa shape index (κ1) is 14.8. The lowest BCUT2D eigenvalue weighted by atomic mass is 10.1. The van der Waals surface area contributed by atoms with Gasteiger partial charge in [0, 0.05) is 24.0 Å². The number of nitrogens with one attached hydrogen (secondary N) is 1. The summed E-state index contributed by atoms with van der Waals surface area (Å²) < 4.78 is 5.78. The molecule has 3 nitrogen and oxygen atoms in total. The third kappa shape index (κ3) is 3.94. The Morgan fingerprint density at radius 1 is 1.15 bits per heavy atom. The van der Waals surface area contributed by atoms with Crippen LogP contribution in [-0.4, -0.2) is 17.6 Å². The number of para-hydroxylation sites is 1. The van der Waals surface area contributed by atoms with Crippen LogP contribution in [0.4, 0.5) is 0 Å². The second kappa shape index (κ2) is 6.71. The van der Waals surface area contributed by atoms with E-state index in [1.165, 1.54) is 10.9 Å². The molecular formula is C17H24N2O. The lowest BCUT2D eigenvalue weighted by Gasteiger charge is -2.13. The van der Waals surface area contributed by atoms with E-state index in [2.05, 4.69) is 56.2 Å². The molecule has 0 saturated heterocycles. The highest BCUT2D eigenvalue weighted by atomic mass is 16.5.